The summed E-state index contributed by atoms with van der Waals surface area (Å²) in [5.74, 6) is -1.72. The largest absolute Gasteiger partial charge is 0.496 e. The van der Waals surface area contributed by atoms with Crippen LogP contribution in [0.5, 0.6) is 17.4 Å². The molecule has 15 nitrogen and oxygen atoms in total. The first-order valence-corrected chi connectivity index (χ1v) is 21.7. The number of fused-ring (bicyclic) bond motifs is 3. The minimum atomic E-state index is -3.91. The van der Waals surface area contributed by atoms with Crippen molar-refractivity contribution in [1.82, 2.24) is 29.7 Å². The van der Waals surface area contributed by atoms with E-state index in [1.165, 1.54) is 4.90 Å². The topological polar surface area (TPSA) is 188 Å². The number of alkyl halides is 2. The summed E-state index contributed by atoms with van der Waals surface area (Å²) in [6, 6.07) is 4.08. The van der Waals surface area contributed by atoms with Gasteiger partial charge in [-0.2, -0.15) is 13.9 Å². The van der Waals surface area contributed by atoms with E-state index in [0.29, 0.717) is 59.2 Å². The molecule has 18 heteroatoms. The van der Waals surface area contributed by atoms with E-state index in [-0.39, 0.29) is 55.8 Å². The van der Waals surface area contributed by atoms with Crippen LogP contribution in [0.3, 0.4) is 0 Å². The SMILES string of the molecule is COc1ccc2c(O[C@@H]3C[C@H]4C(=O)C[C@]5(C(=O)NS(=O)(=O)C6CC6)C[C@H]5/C=C\CCCCC[C@H](NC(=O)c5ccn(C(F)F)n5)C(=O)N4C3)cc(OC(C)C)nc2c1C. The number of benzene rings is 1. The summed E-state index contributed by atoms with van der Waals surface area (Å²) in [6.45, 7) is 2.52. The van der Waals surface area contributed by atoms with Crippen LogP contribution in [0.4, 0.5) is 8.78 Å². The number of ether oxygens (including phenoxy) is 3. The highest BCUT2D eigenvalue weighted by Crippen LogP contribution is 2.57. The van der Waals surface area contributed by atoms with Crippen LogP contribution in [0.1, 0.15) is 101 Å². The molecule has 1 aromatic carbocycles. The van der Waals surface area contributed by atoms with Crippen LogP contribution in [0.15, 0.2) is 42.6 Å². The van der Waals surface area contributed by atoms with Crippen molar-refractivity contribution in [3.05, 3.63) is 53.9 Å². The number of hydrogen-bond acceptors (Lipinski definition) is 11. The van der Waals surface area contributed by atoms with Crippen molar-refractivity contribution >= 4 is 44.4 Å². The number of aryl methyl sites for hydroxylation is 1. The van der Waals surface area contributed by atoms with Crippen LogP contribution in [-0.4, -0.2) is 94.8 Å². The third kappa shape index (κ3) is 9.06. The number of hydrogen-bond donors (Lipinski definition) is 2. The van der Waals surface area contributed by atoms with Crippen molar-refractivity contribution in [1.29, 1.82) is 0 Å². The molecule has 1 saturated heterocycles. The van der Waals surface area contributed by atoms with Gasteiger partial charge in [0.05, 0.1) is 42.0 Å². The normalized spacial score (nSPS) is 25.8. The third-order valence-corrected chi connectivity index (χ3v) is 13.4. The van der Waals surface area contributed by atoms with Gasteiger partial charge in [0, 0.05) is 36.1 Å². The molecule has 2 saturated carbocycles. The quantitative estimate of drug-likeness (QED) is 0.243. The van der Waals surface area contributed by atoms with Gasteiger partial charge in [-0.3, -0.25) is 23.9 Å². The second kappa shape index (κ2) is 16.9. The summed E-state index contributed by atoms with van der Waals surface area (Å²) in [4.78, 5) is 62.7. The van der Waals surface area contributed by atoms with E-state index >= 15 is 0 Å². The average molecular weight is 841 g/mol. The number of carbonyl (C=O) groups excluding carboxylic acids is 4. The van der Waals surface area contributed by atoms with Gasteiger partial charge in [-0.1, -0.05) is 25.0 Å². The van der Waals surface area contributed by atoms with Crippen LogP contribution < -0.4 is 24.2 Å². The fraction of sp³-hybridized carbons (Fsp3) is 0.561. The first-order chi connectivity index (χ1) is 28.1. The van der Waals surface area contributed by atoms with Crippen LogP contribution in [0, 0.1) is 18.3 Å². The van der Waals surface area contributed by atoms with E-state index in [1.54, 1.807) is 25.3 Å². The summed E-state index contributed by atoms with van der Waals surface area (Å²) in [5.41, 5.74) is -0.331. The minimum absolute atomic E-state index is 0.0158. The van der Waals surface area contributed by atoms with Gasteiger partial charge < -0.3 is 24.4 Å². The molecule has 0 spiro atoms. The maximum absolute atomic E-state index is 14.7. The van der Waals surface area contributed by atoms with Gasteiger partial charge >= 0.3 is 6.55 Å². The second-order valence-corrected chi connectivity index (χ2v) is 18.2. The predicted octanol–water partition coefficient (Wildman–Crippen LogP) is 5.17. The number of pyridine rings is 1. The number of ketones is 1. The van der Waals surface area contributed by atoms with Crippen molar-refractivity contribution in [2.75, 3.05) is 13.7 Å². The molecule has 2 aliphatic carbocycles. The highest BCUT2D eigenvalue weighted by molar-refractivity contribution is 7.90. The minimum Gasteiger partial charge on any atom is -0.496 e. The first-order valence-electron chi connectivity index (χ1n) is 20.1. The summed E-state index contributed by atoms with van der Waals surface area (Å²) in [5, 5.41) is 6.34. The number of rotatable bonds is 11. The highest BCUT2D eigenvalue weighted by atomic mass is 32.2. The Morgan fingerprint density at radius 1 is 1.05 bits per heavy atom. The molecule has 0 radical (unpaired) electrons. The smallest absolute Gasteiger partial charge is 0.333 e. The Hall–Kier alpha value is -5.13. The Morgan fingerprint density at radius 3 is 2.53 bits per heavy atom. The van der Waals surface area contributed by atoms with Gasteiger partial charge in [-0.25, -0.2) is 18.1 Å². The fourth-order valence-electron chi connectivity index (χ4n) is 8.15. The van der Waals surface area contributed by atoms with Crippen molar-refractivity contribution in [2.24, 2.45) is 11.3 Å². The molecular formula is C41H50F2N6O9S. The molecule has 4 aliphatic rings. The van der Waals surface area contributed by atoms with Crippen molar-refractivity contribution in [3.63, 3.8) is 0 Å². The highest BCUT2D eigenvalue weighted by Gasteiger charge is 2.61. The maximum Gasteiger partial charge on any atom is 0.333 e. The number of methoxy groups -OCH3 is 1. The molecule has 3 aromatic rings. The molecule has 2 aromatic heterocycles. The molecule has 59 heavy (non-hydrogen) atoms. The van der Waals surface area contributed by atoms with Crippen LogP contribution in [0.2, 0.25) is 0 Å². The lowest BCUT2D eigenvalue weighted by molar-refractivity contribution is -0.140. The number of carbonyl (C=O) groups is 4. The van der Waals surface area contributed by atoms with E-state index in [2.05, 4.69) is 15.1 Å². The lowest BCUT2D eigenvalue weighted by Gasteiger charge is -2.29. The number of sulfonamides is 1. The van der Waals surface area contributed by atoms with Crippen LogP contribution in [0.25, 0.3) is 10.9 Å². The molecule has 2 aliphatic heterocycles. The van der Waals surface area contributed by atoms with Crippen LogP contribution in [-0.2, 0) is 24.4 Å². The molecule has 318 valence electrons. The van der Waals surface area contributed by atoms with Gasteiger partial charge in [-0.05, 0) is 83.4 Å². The Bertz CT molecular complexity index is 2260. The number of nitrogens with one attached hydrogen (secondary N) is 2. The molecular weight excluding hydrogens is 791 g/mol. The number of nitrogens with zero attached hydrogens (tertiary/aromatic N) is 4. The summed E-state index contributed by atoms with van der Waals surface area (Å²) >= 11 is 0. The lowest BCUT2D eigenvalue weighted by Crippen LogP contribution is -2.52. The predicted molar refractivity (Wildman–Crippen MR) is 211 cm³/mol. The summed E-state index contributed by atoms with van der Waals surface area (Å²) in [6.07, 6.45) is 7.39. The fourth-order valence-corrected chi connectivity index (χ4v) is 9.53. The lowest BCUT2D eigenvalue weighted by atomic mass is 9.91. The zero-order chi connectivity index (χ0) is 42.2. The monoisotopic (exact) mass is 840 g/mol. The van der Waals surface area contributed by atoms with Gasteiger partial charge in [-0.15, -0.1) is 0 Å². The number of amides is 3. The summed E-state index contributed by atoms with van der Waals surface area (Å²) < 4.78 is 73.2. The molecule has 3 amide bonds. The van der Waals surface area contributed by atoms with Crippen molar-refractivity contribution in [3.8, 4) is 17.4 Å². The number of allylic oxidation sites excluding steroid dienone is 2. The third-order valence-electron chi connectivity index (χ3n) is 11.6. The van der Waals surface area contributed by atoms with Gasteiger partial charge in [0.15, 0.2) is 5.78 Å². The Kier molecular flexibility index (Phi) is 12.0. The second-order valence-electron chi connectivity index (χ2n) is 16.2. The molecule has 0 bridgehead atoms. The Balaban J connectivity index is 1.23. The molecule has 3 fully saturated rings. The first kappa shape index (κ1) is 42.0. The molecule has 5 atom stereocenters. The van der Waals surface area contributed by atoms with Gasteiger partial charge in [0.2, 0.25) is 27.7 Å². The number of halogens is 2. The molecule has 2 N–H and O–H groups in total. The van der Waals surface area contributed by atoms with Crippen molar-refractivity contribution < 1.29 is 50.6 Å². The maximum atomic E-state index is 14.7. The standard InChI is InChI=1S/C41H50F2N6O9S/c1-23(2)57-35-19-34(28-14-15-33(56-4)24(3)36(28)45-35)58-26-18-31-32(50)21-41(39(53)47-59(54,55)27-12-13-27)20-25(41)10-8-6-5-7-9-11-30(38(52)48(31)22-26)44-37(51)29-16-17-49(46-29)40(42)43/h8,10,14-17,19,23,25-27,30-31,40H,5-7,9,11-13,18,20-22H2,1-4H3,(H,44,51)(H,47,53)/b10-8-/t25-,26-,30+,31+,41-/m1/s1. The Labute approximate surface area is 341 Å². The van der Waals surface area contributed by atoms with Crippen molar-refractivity contribution in [2.45, 2.75) is 121 Å². The number of Topliss-reactive ketones (excluding diaryl/α,β-unsaturated/α-hetero) is 1. The molecule has 4 heterocycles. The number of aromatic nitrogens is 3. The molecule has 0 unspecified atom stereocenters. The molecule has 7 rings (SSSR count). The van der Waals surface area contributed by atoms with E-state index in [9.17, 15) is 36.4 Å². The zero-order valence-corrected chi connectivity index (χ0v) is 34.3. The average Bonchev–Trinajstić information content (AvgIpc) is 4.06. The van der Waals surface area contributed by atoms with Gasteiger partial charge in [0.25, 0.3) is 5.91 Å². The summed E-state index contributed by atoms with van der Waals surface area (Å²) in [7, 11) is -2.36. The van der Waals surface area contributed by atoms with Gasteiger partial charge in [0.1, 0.15) is 29.3 Å². The van der Waals surface area contributed by atoms with E-state index in [1.807, 2.05) is 32.9 Å². The van der Waals surface area contributed by atoms with E-state index < -0.39 is 68.9 Å². The Morgan fingerprint density at radius 2 is 1.83 bits per heavy atom. The zero-order valence-electron chi connectivity index (χ0n) is 33.5. The van der Waals surface area contributed by atoms with E-state index in [4.69, 9.17) is 19.2 Å². The van der Waals surface area contributed by atoms with E-state index in [0.717, 1.165) is 24.2 Å². The van der Waals surface area contributed by atoms with Crippen LogP contribution >= 0.6 is 0 Å².